The fourth-order valence-corrected chi connectivity index (χ4v) is 3.46. The number of para-hydroxylation sites is 2. The number of aromatic nitrogens is 2. The lowest BCUT2D eigenvalue weighted by molar-refractivity contribution is -0.110. The van der Waals surface area contributed by atoms with Gasteiger partial charge >= 0.3 is 0 Å². The minimum Gasteiger partial charge on any atom is -0.321 e. The van der Waals surface area contributed by atoms with Crippen molar-refractivity contribution >= 4 is 23.2 Å². The molecule has 1 N–H and O–H groups in total. The van der Waals surface area contributed by atoms with Crippen LogP contribution in [0, 0.1) is 0 Å². The van der Waals surface area contributed by atoms with Gasteiger partial charge in [0, 0.05) is 34.1 Å². The maximum Gasteiger partial charge on any atom is 0.256 e. The Bertz CT molecular complexity index is 1190. The third-order valence-corrected chi connectivity index (χ3v) is 4.82. The summed E-state index contributed by atoms with van der Waals surface area (Å²) in [6.07, 6.45) is 3.90. The Labute approximate surface area is 162 Å². The molecule has 1 aromatic heterocycles. The number of carbonyl (C=O) groups is 1. The normalized spacial score (nSPS) is 14.1. The first kappa shape index (κ1) is 16.3. The zero-order valence-electron chi connectivity index (χ0n) is 15.0. The van der Waals surface area contributed by atoms with Gasteiger partial charge in [0.15, 0.2) is 0 Å². The molecule has 4 nitrogen and oxygen atoms in total. The van der Waals surface area contributed by atoms with Crippen molar-refractivity contribution in [3.8, 4) is 16.9 Å². The van der Waals surface area contributed by atoms with E-state index < -0.39 is 0 Å². The predicted molar refractivity (Wildman–Crippen MR) is 112 cm³/mol. The number of carbonyl (C=O) groups excluding carboxylic acids is 1. The van der Waals surface area contributed by atoms with Crippen molar-refractivity contribution in [2.75, 3.05) is 5.32 Å². The lowest BCUT2D eigenvalue weighted by Gasteiger charge is -2.00. The molecule has 0 unspecified atom stereocenters. The summed E-state index contributed by atoms with van der Waals surface area (Å²) in [5.41, 5.74) is 6.14. The highest BCUT2D eigenvalue weighted by Crippen LogP contribution is 2.34. The van der Waals surface area contributed by atoms with E-state index in [2.05, 4.69) is 5.32 Å². The lowest BCUT2D eigenvalue weighted by Crippen LogP contribution is -2.03. The molecule has 5 rings (SSSR count). The van der Waals surface area contributed by atoms with Crippen LogP contribution in [-0.2, 0) is 4.79 Å². The van der Waals surface area contributed by atoms with Crippen LogP contribution in [0.5, 0.6) is 0 Å². The topological polar surface area (TPSA) is 46.9 Å². The number of rotatable bonds is 3. The molecule has 0 saturated heterocycles. The Morgan fingerprint density at radius 1 is 0.821 bits per heavy atom. The van der Waals surface area contributed by atoms with Gasteiger partial charge in [0.1, 0.15) is 0 Å². The van der Waals surface area contributed by atoms with Gasteiger partial charge < -0.3 is 5.32 Å². The summed E-state index contributed by atoms with van der Waals surface area (Å²) >= 11 is 0. The fourth-order valence-electron chi connectivity index (χ4n) is 3.46. The molecule has 0 atom stereocenters. The predicted octanol–water partition coefficient (Wildman–Crippen LogP) is 5.03. The third-order valence-electron chi connectivity index (χ3n) is 4.82. The SMILES string of the molecule is O=C1Nc2ccccc2/C1=C/c1cn(-c2ccccc2)nc1-c1ccccc1. The van der Waals surface area contributed by atoms with Crippen LogP contribution in [0.3, 0.4) is 0 Å². The van der Waals surface area contributed by atoms with E-state index in [-0.39, 0.29) is 5.91 Å². The Balaban J connectivity index is 1.69. The molecule has 0 aliphatic carbocycles. The maximum absolute atomic E-state index is 12.6. The first-order valence-electron chi connectivity index (χ1n) is 9.12. The Kier molecular flexibility index (Phi) is 3.87. The number of anilines is 1. The van der Waals surface area contributed by atoms with Gasteiger partial charge in [-0.3, -0.25) is 4.79 Å². The molecule has 0 saturated carbocycles. The largest absolute Gasteiger partial charge is 0.321 e. The lowest BCUT2D eigenvalue weighted by atomic mass is 10.0. The van der Waals surface area contributed by atoms with Crippen LogP contribution in [0.25, 0.3) is 28.6 Å². The number of amides is 1. The Morgan fingerprint density at radius 3 is 2.29 bits per heavy atom. The molecule has 0 fully saturated rings. The standard InChI is InChI=1S/C24H17N3O/c28-24-21(20-13-7-8-14-22(20)25-24)15-18-16-27(19-11-5-2-6-12-19)26-23(18)17-9-3-1-4-10-17/h1-16H,(H,25,28)/b21-15-. The third kappa shape index (κ3) is 2.81. The quantitative estimate of drug-likeness (QED) is 0.519. The van der Waals surface area contributed by atoms with Crippen molar-refractivity contribution in [3.05, 3.63) is 102 Å². The van der Waals surface area contributed by atoms with Crippen molar-refractivity contribution in [1.29, 1.82) is 0 Å². The van der Waals surface area contributed by atoms with Crippen molar-refractivity contribution in [2.24, 2.45) is 0 Å². The van der Waals surface area contributed by atoms with E-state index in [1.165, 1.54) is 0 Å². The Hall–Kier alpha value is -3.92. The van der Waals surface area contributed by atoms with Crippen LogP contribution in [0.4, 0.5) is 5.69 Å². The highest BCUT2D eigenvalue weighted by atomic mass is 16.2. The van der Waals surface area contributed by atoms with Crippen molar-refractivity contribution in [1.82, 2.24) is 9.78 Å². The Morgan fingerprint density at radius 2 is 1.50 bits per heavy atom. The van der Waals surface area contributed by atoms with Gasteiger partial charge in [-0.05, 0) is 24.3 Å². The zero-order chi connectivity index (χ0) is 18.9. The van der Waals surface area contributed by atoms with E-state index in [1.54, 1.807) is 0 Å². The minimum absolute atomic E-state index is 0.0901. The smallest absolute Gasteiger partial charge is 0.256 e. The first-order valence-corrected chi connectivity index (χ1v) is 9.12. The van der Waals surface area contributed by atoms with Crippen molar-refractivity contribution in [2.45, 2.75) is 0 Å². The van der Waals surface area contributed by atoms with E-state index in [0.29, 0.717) is 5.57 Å². The van der Waals surface area contributed by atoms with Crippen LogP contribution in [-0.4, -0.2) is 15.7 Å². The van der Waals surface area contributed by atoms with Crippen LogP contribution >= 0.6 is 0 Å². The van der Waals surface area contributed by atoms with Gasteiger partial charge in [0.05, 0.1) is 11.4 Å². The summed E-state index contributed by atoms with van der Waals surface area (Å²) in [4.78, 5) is 12.6. The molecule has 1 aliphatic rings. The monoisotopic (exact) mass is 363 g/mol. The number of nitrogens with zero attached hydrogens (tertiary/aromatic N) is 2. The van der Waals surface area contributed by atoms with Gasteiger partial charge in [-0.1, -0.05) is 66.7 Å². The fraction of sp³-hybridized carbons (Fsp3) is 0. The van der Waals surface area contributed by atoms with Gasteiger partial charge in [-0.25, -0.2) is 4.68 Å². The van der Waals surface area contributed by atoms with Crippen LogP contribution < -0.4 is 5.32 Å². The summed E-state index contributed by atoms with van der Waals surface area (Å²) in [7, 11) is 0. The average Bonchev–Trinajstić information content (AvgIpc) is 3.31. The number of hydrogen-bond acceptors (Lipinski definition) is 2. The molecule has 134 valence electrons. The highest BCUT2D eigenvalue weighted by Gasteiger charge is 2.24. The second-order valence-electron chi connectivity index (χ2n) is 6.64. The van der Waals surface area contributed by atoms with Crippen molar-refractivity contribution < 1.29 is 4.79 Å². The average molecular weight is 363 g/mol. The van der Waals surface area contributed by atoms with Crippen LogP contribution in [0.2, 0.25) is 0 Å². The summed E-state index contributed by atoms with van der Waals surface area (Å²) < 4.78 is 1.85. The molecule has 2 heterocycles. The number of hydrogen-bond donors (Lipinski definition) is 1. The number of benzene rings is 3. The van der Waals surface area contributed by atoms with Gasteiger partial charge in [0.25, 0.3) is 5.91 Å². The summed E-state index contributed by atoms with van der Waals surface area (Å²) in [5, 5.41) is 7.75. The molecule has 1 aliphatic heterocycles. The summed E-state index contributed by atoms with van der Waals surface area (Å²) in [6.45, 7) is 0. The van der Waals surface area contributed by atoms with E-state index in [9.17, 15) is 4.79 Å². The first-order chi connectivity index (χ1) is 13.8. The van der Waals surface area contributed by atoms with Gasteiger partial charge in [-0.15, -0.1) is 0 Å². The molecular weight excluding hydrogens is 346 g/mol. The van der Waals surface area contributed by atoms with E-state index in [1.807, 2.05) is 102 Å². The van der Waals surface area contributed by atoms with Crippen molar-refractivity contribution in [3.63, 3.8) is 0 Å². The molecule has 1 amide bonds. The molecule has 0 spiro atoms. The second kappa shape index (κ2) is 6.67. The molecule has 4 heteroatoms. The number of nitrogens with one attached hydrogen (secondary N) is 1. The molecule has 28 heavy (non-hydrogen) atoms. The summed E-state index contributed by atoms with van der Waals surface area (Å²) in [5.74, 6) is -0.0901. The summed E-state index contributed by atoms with van der Waals surface area (Å²) in [6, 6.07) is 27.7. The van der Waals surface area contributed by atoms with Gasteiger partial charge in [0.2, 0.25) is 0 Å². The second-order valence-corrected chi connectivity index (χ2v) is 6.64. The number of fused-ring (bicyclic) bond motifs is 1. The van der Waals surface area contributed by atoms with E-state index in [4.69, 9.17) is 5.10 Å². The van der Waals surface area contributed by atoms with Gasteiger partial charge in [-0.2, -0.15) is 5.10 Å². The van der Waals surface area contributed by atoms with E-state index in [0.717, 1.165) is 33.8 Å². The molecule has 0 radical (unpaired) electrons. The molecule has 4 aromatic rings. The maximum atomic E-state index is 12.6. The van der Waals surface area contributed by atoms with Crippen LogP contribution in [0.15, 0.2) is 91.1 Å². The minimum atomic E-state index is -0.0901. The molecular formula is C24H17N3O. The van der Waals surface area contributed by atoms with Crippen LogP contribution in [0.1, 0.15) is 11.1 Å². The van der Waals surface area contributed by atoms with E-state index >= 15 is 0 Å². The molecule has 3 aromatic carbocycles. The highest BCUT2D eigenvalue weighted by molar-refractivity contribution is 6.35. The zero-order valence-corrected chi connectivity index (χ0v) is 15.0. The molecule has 0 bridgehead atoms.